The van der Waals surface area contributed by atoms with Gasteiger partial charge in [-0.3, -0.25) is 13.9 Å². The van der Waals surface area contributed by atoms with Crippen LogP contribution in [-0.2, 0) is 26.6 Å². The molecule has 7 heteroatoms. The Bertz CT molecular complexity index is 1040. The van der Waals surface area contributed by atoms with E-state index in [0.717, 1.165) is 29.4 Å². The maximum atomic E-state index is 12.7. The third kappa shape index (κ3) is 2.91. The van der Waals surface area contributed by atoms with Gasteiger partial charge in [-0.25, -0.2) is 4.79 Å². The highest BCUT2D eigenvalue weighted by atomic mass is 35.5. The molecule has 0 aliphatic heterocycles. The number of fused-ring (bicyclic) bond motifs is 1. The average molecular weight is 359 g/mol. The van der Waals surface area contributed by atoms with Crippen molar-refractivity contribution in [3.8, 4) is 0 Å². The van der Waals surface area contributed by atoms with Crippen molar-refractivity contribution in [2.24, 2.45) is 13.0 Å². The number of nitrogens with zero attached hydrogens (tertiary/aromatic N) is 4. The third-order valence-electron chi connectivity index (χ3n) is 4.79. The van der Waals surface area contributed by atoms with Crippen molar-refractivity contribution in [2.45, 2.75) is 32.4 Å². The first-order valence-corrected chi connectivity index (χ1v) is 8.83. The predicted molar refractivity (Wildman–Crippen MR) is 97.1 cm³/mol. The van der Waals surface area contributed by atoms with Crippen LogP contribution in [0.4, 0.5) is 0 Å². The summed E-state index contributed by atoms with van der Waals surface area (Å²) < 4.78 is 4.47. The quantitative estimate of drug-likeness (QED) is 0.657. The van der Waals surface area contributed by atoms with Crippen LogP contribution in [-0.4, -0.2) is 18.7 Å². The van der Waals surface area contributed by atoms with Gasteiger partial charge in [0.05, 0.1) is 0 Å². The summed E-state index contributed by atoms with van der Waals surface area (Å²) in [6.07, 6.45) is 2.95. The fraction of sp³-hybridized carbons (Fsp3) is 0.389. The highest BCUT2D eigenvalue weighted by molar-refractivity contribution is 6.29. The monoisotopic (exact) mass is 358 g/mol. The van der Waals surface area contributed by atoms with Crippen LogP contribution in [0.15, 0.2) is 39.9 Å². The molecule has 1 aliphatic carbocycles. The second-order valence-corrected chi connectivity index (χ2v) is 6.98. The minimum Gasteiger partial charge on any atom is -0.308 e. The zero-order valence-corrected chi connectivity index (χ0v) is 14.7. The lowest BCUT2D eigenvalue weighted by Crippen LogP contribution is -2.39. The van der Waals surface area contributed by atoms with Crippen LogP contribution < -0.4 is 11.2 Å². The molecule has 1 fully saturated rings. The lowest BCUT2D eigenvalue weighted by Gasteiger charge is -2.10. The Balaban J connectivity index is 1.82. The van der Waals surface area contributed by atoms with E-state index in [9.17, 15) is 9.59 Å². The van der Waals surface area contributed by atoms with Gasteiger partial charge in [0.15, 0.2) is 11.2 Å². The van der Waals surface area contributed by atoms with Crippen molar-refractivity contribution in [1.29, 1.82) is 0 Å². The number of aryl methyl sites for hydroxylation is 2. The smallest absolute Gasteiger partial charge is 0.308 e. The topological polar surface area (TPSA) is 61.8 Å². The number of hydrogen-bond acceptors (Lipinski definition) is 3. The molecule has 3 aromatic rings. The van der Waals surface area contributed by atoms with Crippen LogP contribution in [0.5, 0.6) is 0 Å². The first-order valence-electron chi connectivity index (χ1n) is 8.45. The number of halogens is 1. The maximum absolute atomic E-state index is 12.7. The molecule has 1 saturated carbocycles. The minimum atomic E-state index is -0.348. The van der Waals surface area contributed by atoms with E-state index in [1.165, 1.54) is 7.05 Å². The number of hydrogen-bond donors (Lipinski definition) is 0. The Kier molecular flexibility index (Phi) is 4.00. The molecule has 2 heterocycles. The van der Waals surface area contributed by atoms with E-state index in [1.807, 2.05) is 30.3 Å². The van der Waals surface area contributed by atoms with Crippen molar-refractivity contribution < 1.29 is 0 Å². The van der Waals surface area contributed by atoms with E-state index in [-0.39, 0.29) is 16.5 Å². The molecule has 130 valence electrons. The molecule has 6 nitrogen and oxygen atoms in total. The number of imidazole rings is 1. The van der Waals surface area contributed by atoms with Crippen LogP contribution in [0.2, 0.25) is 5.28 Å². The Morgan fingerprint density at radius 1 is 1.16 bits per heavy atom. The molecule has 0 unspecified atom stereocenters. The van der Waals surface area contributed by atoms with Crippen molar-refractivity contribution in [3.63, 3.8) is 0 Å². The summed E-state index contributed by atoms with van der Waals surface area (Å²) in [5.41, 5.74) is 1.29. The van der Waals surface area contributed by atoms with Crippen LogP contribution in [0.3, 0.4) is 0 Å². The van der Waals surface area contributed by atoms with Crippen LogP contribution in [0.25, 0.3) is 11.2 Å². The van der Waals surface area contributed by atoms with E-state index in [2.05, 4.69) is 4.98 Å². The van der Waals surface area contributed by atoms with E-state index in [0.29, 0.717) is 30.2 Å². The molecule has 0 saturated heterocycles. The van der Waals surface area contributed by atoms with Gasteiger partial charge >= 0.3 is 5.69 Å². The van der Waals surface area contributed by atoms with Gasteiger partial charge in [-0.2, -0.15) is 4.98 Å². The van der Waals surface area contributed by atoms with Crippen molar-refractivity contribution in [3.05, 3.63) is 62.0 Å². The minimum absolute atomic E-state index is 0.248. The van der Waals surface area contributed by atoms with Crippen LogP contribution in [0.1, 0.15) is 18.4 Å². The van der Waals surface area contributed by atoms with Crippen molar-refractivity contribution >= 4 is 22.8 Å². The fourth-order valence-corrected chi connectivity index (χ4v) is 3.39. The molecule has 1 aliphatic rings. The Hall–Kier alpha value is -2.34. The molecular formula is C18H19ClN4O2. The Morgan fingerprint density at radius 2 is 1.88 bits per heavy atom. The van der Waals surface area contributed by atoms with E-state index in [1.54, 1.807) is 9.13 Å². The normalized spacial score (nSPS) is 14.3. The van der Waals surface area contributed by atoms with Crippen LogP contribution >= 0.6 is 11.6 Å². The van der Waals surface area contributed by atoms with Gasteiger partial charge in [0.25, 0.3) is 5.56 Å². The maximum Gasteiger partial charge on any atom is 0.332 e. The Labute approximate surface area is 149 Å². The summed E-state index contributed by atoms with van der Waals surface area (Å²) in [6, 6.07) is 10.0. The number of rotatable bonds is 5. The molecule has 0 spiro atoms. The summed E-state index contributed by atoms with van der Waals surface area (Å²) in [4.78, 5) is 29.5. The molecule has 0 amide bonds. The Morgan fingerprint density at radius 3 is 2.56 bits per heavy atom. The number of benzene rings is 1. The highest BCUT2D eigenvalue weighted by Gasteiger charge is 2.26. The zero-order chi connectivity index (χ0) is 17.6. The molecule has 0 radical (unpaired) electrons. The van der Waals surface area contributed by atoms with Gasteiger partial charge in [-0.1, -0.05) is 30.3 Å². The number of aromatic nitrogens is 4. The molecule has 0 atom stereocenters. The predicted octanol–water partition coefficient (Wildman–Crippen LogP) is 2.20. The summed E-state index contributed by atoms with van der Waals surface area (Å²) in [7, 11) is 1.51. The van der Waals surface area contributed by atoms with Gasteiger partial charge in [-0.15, -0.1) is 0 Å². The van der Waals surface area contributed by atoms with Gasteiger partial charge in [0.2, 0.25) is 5.28 Å². The first kappa shape index (κ1) is 16.1. The van der Waals surface area contributed by atoms with E-state index in [4.69, 9.17) is 11.6 Å². The summed E-state index contributed by atoms with van der Waals surface area (Å²) in [5, 5.41) is 0.248. The zero-order valence-electron chi connectivity index (χ0n) is 14.0. The van der Waals surface area contributed by atoms with Crippen molar-refractivity contribution in [2.75, 3.05) is 0 Å². The summed E-state index contributed by atoms with van der Waals surface area (Å²) >= 11 is 6.32. The fourth-order valence-electron chi connectivity index (χ4n) is 3.14. The molecule has 2 aromatic heterocycles. The third-order valence-corrected chi connectivity index (χ3v) is 5.08. The average Bonchev–Trinajstić information content (AvgIpc) is 3.38. The SMILES string of the molecule is Cn1c(=O)c2c(nc(Cl)n2CCc2ccccc2)n(CC2CC2)c1=O. The largest absolute Gasteiger partial charge is 0.332 e. The summed E-state index contributed by atoms with van der Waals surface area (Å²) in [6.45, 7) is 1.13. The van der Waals surface area contributed by atoms with Gasteiger partial charge in [0, 0.05) is 20.1 Å². The first-order chi connectivity index (χ1) is 12.1. The molecule has 0 N–H and O–H groups in total. The highest BCUT2D eigenvalue weighted by Crippen LogP contribution is 2.31. The summed E-state index contributed by atoms with van der Waals surface area (Å²) in [5.74, 6) is 0.492. The second-order valence-electron chi connectivity index (χ2n) is 6.64. The van der Waals surface area contributed by atoms with Gasteiger partial charge < -0.3 is 4.57 Å². The molecular weight excluding hydrogens is 340 g/mol. The molecule has 25 heavy (non-hydrogen) atoms. The molecule has 0 bridgehead atoms. The van der Waals surface area contributed by atoms with Crippen molar-refractivity contribution in [1.82, 2.24) is 18.7 Å². The molecule has 4 rings (SSSR count). The standard InChI is InChI=1S/C18H19ClN4O2/c1-21-16(24)14-15(23(18(21)25)11-13-7-8-13)20-17(19)22(14)10-9-12-5-3-2-4-6-12/h2-6,13H,7-11H2,1H3. The van der Waals surface area contributed by atoms with E-state index >= 15 is 0 Å². The van der Waals surface area contributed by atoms with Gasteiger partial charge in [0.1, 0.15) is 0 Å². The van der Waals surface area contributed by atoms with Gasteiger partial charge in [-0.05, 0) is 42.3 Å². The van der Waals surface area contributed by atoms with E-state index < -0.39 is 0 Å². The lowest BCUT2D eigenvalue weighted by atomic mass is 10.1. The second kappa shape index (κ2) is 6.19. The lowest BCUT2D eigenvalue weighted by molar-refractivity contribution is 0.576. The molecule has 1 aromatic carbocycles. The van der Waals surface area contributed by atoms with Crippen LogP contribution in [0, 0.1) is 5.92 Å².